The van der Waals surface area contributed by atoms with Crippen molar-refractivity contribution < 1.29 is 24.2 Å². The molecule has 0 aromatic carbocycles. The Bertz CT molecular complexity index is 460. The molecule has 1 aliphatic rings. The van der Waals surface area contributed by atoms with Crippen molar-refractivity contribution in [2.45, 2.75) is 45.3 Å². The maximum Gasteiger partial charge on any atom is 0.408 e. The summed E-state index contributed by atoms with van der Waals surface area (Å²) in [5, 5.41) is 11.9. The second-order valence-corrected chi connectivity index (χ2v) is 6.48. The van der Waals surface area contributed by atoms with E-state index < -0.39 is 23.2 Å². The quantitative estimate of drug-likeness (QED) is 0.813. The molecule has 0 aromatic heterocycles. The van der Waals surface area contributed by atoms with E-state index >= 15 is 0 Å². The first-order chi connectivity index (χ1) is 10.0. The van der Waals surface area contributed by atoms with Crippen molar-refractivity contribution in [3.05, 3.63) is 0 Å². The van der Waals surface area contributed by atoms with E-state index in [9.17, 15) is 19.5 Å². The van der Waals surface area contributed by atoms with Gasteiger partial charge in [-0.1, -0.05) is 0 Å². The van der Waals surface area contributed by atoms with Gasteiger partial charge in [0.15, 0.2) is 5.54 Å². The van der Waals surface area contributed by atoms with E-state index in [2.05, 4.69) is 5.32 Å². The van der Waals surface area contributed by atoms with Gasteiger partial charge in [-0.3, -0.25) is 0 Å². The topological polar surface area (TPSA) is 99.2 Å². The van der Waals surface area contributed by atoms with E-state index in [-0.39, 0.29) is 25.5 Å². The Morgan fingerprint density at radius 2 is 1.95 bits per heavy atom. The Hall–Kier alpha value is -1.99. The molecule has 1 fully saturated rings. The Kier molecular flexibility index (Phi) is 5.26. The highest BCUT2D eigenvalue weighted by Crippen LogP contribution is 2.23. The number of amides is 3. The molecule has 8 nitrogen and oxygen atoms in total. The van der Waals surface area contributed by atoms with Gasteiger partial charge in [-0.2, -0.15) is 0 Å². The number of carbonyl (C=O) groups excluding carboxylic acids is 2. The van der Waals surface area contributed by atoms with Crippen molar-refractivity contribution in [3.63, 3.8) is 0 Å². The number of nitrogens with one attached hydrogen (secondary N) is 1. The number of carboxylic acid groups (broad SMARTS) is 1. The summed E-state index contributed by atoms with van der Waals surface area (Å²) in [4.78, 5) is 38.5. The fourth-order valence-corrected chi connectivity index (χ4v) is 2.18. The maximum atomic E-state index is 12.1. The molecule has 1 atom stereocenters. The Morgan fingerprint density at radius 3 is 2.41 bits per heavy atom. The number of ether oxygens (including phenoxy) is 1. The Labute approximate surface area is 130 Å². The minimum atomic E-state index is -1.51. The van der Waals surface area contributed by atoms with Crippen LogP contribution in [-0.2, 0) is 9.53 Å². The van der Waals surface area contributed by atoms with Gasteiger partial charge in [0.2, 0.25) is 0 Å². The molecule has 1 heterocycles. The number of carboxylic acids is 1. The lowest BCUT2D eigenvalue weighted by atomic mass is 9.99. The van der Waals surface area contributed by atoms with Crippen molar-refractivity contribution in [1.82, 2.24) is 15.1 Å². The van der Waals surface area contributed by atoms with Gasteiger partial charge in [-0.15, -0.1) is 0 Å². The van der Waals surface area contributed by atoms with Gasteiger partial charge in [-0.05, 0) is 27.7 Å². The molecule has 126 valence electrons. The average molecular weight is 315 g/mol. The monoisotopic (exact) mass is 315 g/mol. The molecule has 0 bridgehead atoms. The number of urea groups is 1. The zero-order valence-corrected chi connectivity index (χ0v) is 13.8. The number of rotatable bonds is 3. The first-order valence-corrected chi connectivity index (χ1v) is 7.25. The molecule has 1 saturated heterocycles. The first kappa shape index (κ1) is 18.1. The molecule has 1 aliphatic heterocycles. The van der Waals surface area contributed by atoms with E-state index in [1.54, 1.807) is 27.8 Å². The average Bonchev–Trinajstić information content (AvgIpc) is 2.80. The SMILES string of the molecule is CCN(C)C(=O)N1CCC(NC(=O)OC(C)(C)C)(C(=O)O)C1. The highest BCUT2D eigenvalue weighted by molar-refractivity contribution is 5.87. The van der Waals surface area contributed by atoms with Gasteiger partial charge in [0, 0.05) is 26.6 Å². The number of carbonyl (C=O) groups is 3. The Balaban J connectivity index is 2.81. The van der Waals surface area contributed by atoms with Gasteiger partial charge >= 0.3 is 18.1 Å². The van der Waals surface area contributed by atoms with Crippen LogP contribution >= 0.6 is 0 Å². The number of hydrogen-bond acceptors (Lipinski definition) is 4. The van der Waals surface area contributed by atoms with Crippen LogP contribution in [0, 0.1) is 0 Å². The summed E-state index contributed by atoms with van der Waals surface area (Å²) in [6.45, 7) is 7.63. The number of aliphatic carboxylic acids is 1. The highest BCUT2D eigenvalue weighted by atomic mass is 16.6. The van der Waals surface area contributed by atoms with E-state index in [4.69, 9.17) is 4.74 Å². The maximum absolute atomic E-state index is 12.1. The van der Waals surface area contributed by atoms with Crippen molar-refractivity contribution in [1.29, 1.82) is 0 Å². The number of alkyl carbamates (subject to hydrolysis) is 1. The second kappa shape index (κ2) is 6.41. The van der Waals surface area contributed by atoms with E-state index in [1.807, 2.05) is 6.92 Å². The predicted octanol–water partition coefficient (Wildman–Crippen LogP) is 1.11. The van der Waals surface area contributed by atoms with Gasteiger partial charge < -0.3 is 25.0 Å². The Morgan fingerprint density at radius 1 is 1.36 bits per heavy atom. The molecule has 0 radical (unpaired) electrons. The zero-order valence-electron chi connectivity index (χ0n) is 13.8. The molecule has 3 amide bonds. The number of likely N-dealkylation sites (tertiary alicyclic amines) is 1. The first-order valence-electron chi connectivity index (χ1n) is 7.25. The lowest BCUT2D eigenvalue weighted by Gasteiger charge is -2.29. The summed E-state index contributed by atoms with van der Waals surface area (Å²) in [5.41, 5.74) is -2.23. The lowest BCUT2D eigenvalue weighted by Crippen LogP contribution is -2.57. The largest absolute Gasteiger partial charge is 0.479 e. The summed E-state index contributed by atoms with van der Waals surface area (Å²) < 4.78 is 5.11. The molecule has 1 rings (SSSR count). The van der Waals surface area contributed by atoms with Crippen LogP contribution in [0.4, 0.5) is 9.59 Å². The number of nitrogens with zero attached hydrogens (tertiary/aromatic N) is 2. The van der Waals surface area contributed by atoms with E-state index in [0.29, 0.717) is 6.54 Å². The van der Waals surface area contributed by atoms with Crippen molar-refractivity contribution in [2.24, 2.45) is 0 Å². The van der Waals surface area contributed by atoms with Crippen molar-refractivity contribution in [2.75, 3.05) is 26.7 Å². The fourth-order valence-electron chi connectivity index (χ4n) is 2.18. The zero-order chi connectivity index (χ0) is 17.1. The third kappa shape index (κ3) is 4.25. The van der Waals surface area contributed by atoms with Crippen LogP contribution in [0.1, 0.15) is 34.1 Å². The van der Waals surface area contributed by atoms with Gasteiger partial charge in [0.25, 0.3) is 0 Å². The van der Waals surface area contributed by atoms with E-state index in [1.165, 1.54) is 9.80 Å². The summed E-state index contributed by atoms with van der Waals surface area (Å²) in [7, 11) is 1.64. The molecule has 0 aromatic rings. The number of hydrogen-bond donors (Lipinski definition) is 2. The summed E-state index contributed by atoms with van der Waals surface area (Å²) in [6.07, 6.45) is -0.654. The minimum absolute atomic E-state index is 0.0786. The normalized spacial score (nSPS) is 21.4. The van der Waals surface area contributed by atoms with Gasteiger partial charge in [-0.25, -0.2) is 14.4 Å². The van der Waals surface area contributed by atoms with Crippen LogP contribution in [0.3, 0.4) is 0 Å². The molecule has 1 unspecified atom stereocenters. The standard InChI is InChI=1S/C14H25N3O5/c1-6-16(5)12(21)17-8-7-14(9-17,10(18)19)15-11(20)22-13(2,3)4/h6-9H2,1-5H3,(H,15,20)(H,18,19). The van der Waals surface area contributed by atoms with Gasteiger partial charge in [0.1, 0.15) is 5.60 Å². The van der Waals surface area contributed by atoms with Crippen LogP contribution in [-0.4, -0.2) is 70.8 Å². The van der Waals surface area contributed by atoms with Crippen molar-refractivity contribution >= 4 is 18.1 Å². The molecular formula is C14H25N3O5. The van der Waals surface area contributed by atoms with Crippen LogP contribution in [0.15, 0.2) is 0 Å². The lowest BCUT2D eigenvalue weighted by molar-refractivity contribution is -0.144. The molecule has 22 heavy (non-hydrogen) atoms. The molecule has 0 saturated carbocycles. The summed E-state index contributed by atoms with van der Waals surface area (Å²) >= 11 is 0. The molecular weight excluding hydrogens is 290 g/mol. The van der Waals surface area contributed by atoms with Gasteiger partial charge in [0.05, 0.1) is 6.54 Å². The third-order valence-electron chi connectivity index (χ3n) is 3.49. The highest BCUT2D eigenvalue weighted by Gasteiger charge is 2.48. The molecule has 0 aliphatic carbocycles. The summed E-state index contributed by atoms with van der Waals surface area (Å²) in [6, 6.07) is -0.253. The van der Waals surface area contributed by atoms with Crippen LogP contribution in [0.2, 0.25) is 0 Å². The molecule has 8 heteroatoms. The van der Waals surface area contributed by atoms with E-state index in [0.717, 1.165) is 0 Å². The van der Waals surface area contributed by atoms with Crippen LogP contribution in [0.5, 0.6) is 0 Å². The fraction of sp³-hybridized carbons (Fsp3) is 0.786. The molecule has 0 spiro atoms. The third-order valence-corrected chi connectivity index (χ3v) is 3.49. The van der Waals surface area contributed by atoms with Crippen molar-refractivity contribution in [3.8, 4) is 0 Å². The smallest absolute Gasteiger partial charge is 0.408 e. The van der Waals surface area contributed by atoms with Crippen LogP contribution in [0.25, 0.3) is 0 Å². The van der Waals surface area contributed by atoms with Crippen LogP contribution < -0.4 is 5.32 Å². The predicted molar refractivity (Wildman–Crippen MR) is 79.6 cm³/mol. The second-order valence-electron chi connectivity index (χ2n) is 6.48. The molecule has 2 N–H and O–H groups in total. The minimum Gasteiger partial charge on any atom is -0.479 e. The summed E-state index contributed by atoms with van der Waals surface area (Å²) in [5.74, 6) is -1.17.